The summed E-state index contributed by atoms with van der Waals surface area (Å²) >= 11 is 5.71. The molecule has 1 saturated heterocycles. The first kappa shape index (κ1) is 20.9. The largest absolute Gasteiger partial charge is 0.399 e. The molecule has 142 valence electrons. The topological polar surface area (TPSA) is 66.6 Å². The molecule has 0 spiro atoms. The van der Waals surface area contributed by atoms with E-state index in [-0.39, 0.29) is 22.3 Å². The molecule has 2 aromatic rings. The number of rotatable bonds is 4. The second-order valence-corrected chi connectivity index (χ2v) is 8.35. The van der Waals surface area contributed by atoms with Gasteiger partial charge in [0.2, 0.25) is 10.0 Å². The van der Waals surface area contributed by atoms with Crippen molar-refractivity contribution in [2.24, 2.45) is 0 Å². The molecule has 0 amide bonds. The highest BCUT2D eigenvalue weighted by molar-refractivity contribution is 7.89. The number of nitrogens with zero attached hydrogens (tertiary/aromatic N) is 2. The van der Waals surface area contributed by atoms with Crippen LogP contribution in [0.1, 0.15) is 5.56 Å². The van der Waals surface area contributed by atoms with Gasteiger partial charge in [0.15, 0.2) is 0 Å². The molecule has 1 aliphatic heterocycles. The maximum atomic E-state index is 13.3. The molecule has 26 heavy (non-hydrogen) atoms. The predicted octanol–water partition coefficient (Wildman–Crippen LogP) is 2.99. The summed E-state index contributed by atoms with van der Waals surface area (Å²) in [6.07, 6.45) is 0. The maximum absolute atomic E-state index is 13.3. The van der Waals surface area contributed by atoms with Gasteiger partial charge < -0.3 is 5.73 Å². The highest BCUT2D eigenvalue weighted by atomic mass is 35.5. The van der Waals surface area contributed by atoms with E-state index in [1.54, 1.807) is 0 Å². The number of nitrogens with two attached hydrogens (primary N) is 1. The lowest BCUT2D eigenvalue weighted by Gasteiger charge is -2.34. The summed E-state index contributed by atoms with van der Waals surface area (Å²) in [6, 6.07) is 11.1. The first-order valence-corrected chi connectivity index (χ1v) is 9.70. The van der Waals surface area contributed by atoms with Crippen LogP contribution >= 0.6 is 24.0 Å². The Morgan fingerprint density at radius 2 is 1.77 bits per heavy atom. The van der Waals surface area contributed by atoms with E-state index in [9.17, 15) is 12.8 Å². The number of benzene rings is 2. The molecule has 9 heteroatoms. The van der Waals surface area contributed by atoms with Crippen LogP contribution in [0.15, 0.2) is 47.4 Å². The molecule has 3 rings (SSSR count). The van der Waals surface area contributed by atoms with Crippen molar-refractivity contribution >= 4 is 39.7 Å². The summed E-state index contributed by atoms with van der Waals surface area (Å²) in [5.74, 6) is -0.632. The van der Waals surface area contributed by atoms with Gasteiger partial charge in [0, 0.05) is 38.4 Å². The van der Waals surface area contributed by atoms with E-state index in [0.29, 0.717) is 31.9 Å². The van der Waals surface area contributed by atoms with Crippen molar-refractivity contribution < 1.29 is 12.8 Å². The molecule has 1 aliphatic rings. The van der Waals surface area contributed by atoms with E-state index in [1.165, 1.54) is 10.4 Å². The standard InChI is InChI=1S/C17H19ClFN3O2S.ClH/c18-16-11-15(4-5-17(16)19)25(23,24)22-8-6-21(7-9-22)12-13-2-1-3-14(20)10-13;/h1-5,10-11H,6-9,12,20H2;1H. The third kappa shape index (κ3) is 4.66. The van der Waals surface area contributed by atoms with Crippen LogP contribution in [0, 0.1) is 5.82 Å². The molecule has 0 radical (unpaired) electrons. The molecule has 5 nitrogen and oxygen atoms in total. The molecular weight excluding hydrogens is 400 g/mol. The fourth-order valence-electron chi connectivity index (χ4n) is 2.86. The SMILES string of the molecule is Cl.Nc1cccc(CN2CCN(S(=O)(=O)c3ccc(F)c(Cl)c3)CC2)c1. The molecule has 0 saturated carbocycles. The molecule has 0 aromatic heterocycles. The first-order valence-electron chi connectivity index (χ1n) is 7.88. The highest BCUT2D eigenvalue weighted by Crippen LogP contribution is 2.23. The van der Waals surface area contributed by atoms with Crippen molar-refractivity contribution in [2.75, 3.05) is 31.9 Å². The van der Waals surface area contributed by atoms with E-state index in [0.717, 1.165) is 24.2 Å². The van der Waals surface area contributed by atoms with Gasteiger partial charge in [0.25, 0.3) is 0 Å². The van der Waals surface area contributed by atoms with Gasteiger partial charge in [-0.1, -0.05) is 23.7 Å². The second-order valence-electron chi connectivity index (χ2n) is 6.00. The Hall–Kier alpha value is -1.38. The van der Waals surface area contributed by atoms with Crippen LogP contribution in [0.25, 0.3) is 0 Å². The smallest absolute Gasteiger partial charge is 0.243 e. The number of hydrogen-bond acceptors (Lipinski definition) is 4. The average Bonchev–Trinajstić information content (AvgIpc) is 2.58. The molecule has 0 atom stereocenters. The molecular formula is C17H20Cl2FN3O2S. The normalized spacial score (nSPS) is 16.2. The van der Waals surface area contributed by atoms with Crippen LogP contribution in [0.3, 0.4) is 0 Å². The molecule has 2 aromatic carbocycles. The van der Waals surface area contributed by atoms with Gasteiger partial charge in [0.1, 0.15) is 5.82 Å². The second kappa shape index (κ2) is 8.54. The van der Waals surface area contributed by atoms with Crippen molar-refractivity contribution in [1.82, 2.24) is 9.21 Å². The van der Waals surface area contributed by atoms with Crippen molar-refractivity contribution in [3.05, 3.63) is 58.9 Å². The minimum Gasteiger partial charge on any atom is -0.399 e. The Morgan fingerprint density at radius 3 is 2.38 bits per heavy atom. The first-order chi connectivity index (χ1) is 11.9. The third-order valence-electron chi connectivity index (χ3n) is 4.22. The van der Waals surface area contributed by atoms with Gasteiger partial charge in [-0.05, 0) is 35.9 Å². The predicted molar refractivity (Wildman–Crippen MR) is 104 cm³/mol. The fourth-order valence-corrected chi connectivity index (χ4v) is 4.56. The van der Waals surface area contributed by atoms with E-state index >= 15 is 0 Å². The minimum atomic E-state index is -3.67. The van der Waals surface area contributed by atoms with Crippen molar-refractivity contribution in [1.29, 1.82) is 0 Å². The maximum Gasteiger partial charge on any atom is 0.243 e. The zero-order chi connectivity index (χ0) is 18.0. The fraction of sp³-hybridized carbons (Fsp3) is 0.294. The third-order valence-corrected chi connectivity index (χ3v) is 6.40. The van der Waals surface area contributed by atoms with Crippen LogP contribution in [0.5, 0.6) is 0 Å². The number of hydrogen-bond donors (Lipinski definition) is 1. The Bertz CT molecular complexity index is 872. The van der Waals surface area contributed by atoms with Crippen molar-refractivity contribution in [3.8, 4) is 0 Å². The van der Waals surface area contributed by atoms with Crippen LogP contribution in [-0.2, 0) is 16.6 Å². The molecule has 1 fully saturated rings. The number of sulfonamides is 1. The number of piperazine rings is 1. The monoisotopic (exact) mass is 419 g/mol. The van der Waals surface area contributed by atoms with E-state index in [4.69, 9.17) is 17.3 Å². The molecule has 0 aliphatic carbocycles. The summed E-state index contributed by atoms with van der Waals surface area (Å²) in [6.45, 7) is 2.70. The molecule has 2 N–H and O–H groups in total. The Labute approximate surface area is 164 Å². The van der Waals surface area contributed by atoms with E-state index < -0.39 is 15.8 Å². The van der Waals surface area contributed by atoms with Gasteiger partial charge in [-0.3, -0.25) is 4.90 Å². The van der Waals surface area contributed by atoms with Crippen LogP contribution in [0.2, 0.25) is 5.02 Å². The van der Waals surface area contributed by atoms with Crippen molar-refractivity contribution in [2.45, 2.75) is 11.4 Å². The quantitative estimate of drug-likeness (QED) is 0.773. The lowest BCUT2D eigenvalue weighted by Crippen LogP contribution is -2.48. The summed E-state index contributed by atoms with van der Waals surface area (Å²) in [7, 11) is -3.67. The van der Waals surface area contributed by atoms with E-state index in [1.807, 2.05) is 24.3 Å². The lowest BCUT2D eigenvalue weighted by molar-refractivity contribution is 0.181. The number of nitrogen functional groups attached to an aromatic ring is 1. The summed E-state index contributed by atoms with van der Waals surface area (Å²) in [5.41, 5.74) is 7.60. The average molecular weight is 420 g/mol. The van der Waals surface area contributed by atoms with E-state index in [2.05, 4.69) is 4.90 Å². The zero-order valence-corrected chi connectivity index (χ0v) is 16.3. The zero-order valence-electron chi connectivity index (χ0n) is 13.9. The van der Waals surface area contributed by atoms with Crippen LogP contribution in [-0.4, -0.2) is 43.8 Å². The Morgan fingerprint density at radius 1 is 1.08 bits per heavy atom. The highest BCUT2D eigenvalue weighted by Gasteiger charge is 2.29. The Kier molecular flexibility index (Phi) is 6.87. The molecule has 1 heterocycles. The number of halogens is 3. The summed E-state index contributed by atoms with van der Waals surface area (Å²) in [4.78, 5) is 2.20. The van der Waals surface area contributed by atoms with Gasteiger partial charge in [0.05, 0.1) is 9.92 Å². The van der Waals surface area contributed by atoms with Gasteiger partial charge in [-0.15, -0.1) is 12.4 Å². The van der Waals surface area contributed by atoms with Gasteiger partial charge in [-0.25, -0.2) is 12.8 Å². The summed E-state index contributed by atoms with van der Waals surface area (Å²) < 4.78 is 40.0. The summed E-state index contributed by atoms with van der Waals surface area (Å²) in [5, 5.41) is -0.193. The lowest BCUT2D eigenvalue weighted by atomic mass is 10.2. The number of anilines is 1. The molecule has 0 unspecified atom stereocenters. The molecule has 0 bridgehead atoms. The minimum absolute atomic E-state index is 0. The van der Waals surface area contributed by atoms with Gasteiger partial charge in [-0.2, -0.15) is 4.31 Å². The Balaban J connectivity index is 0.00000243. The van der Waals surface area contributed by atoms with Gasteiger partial charge >= 0.3 is 0 Å². The van der Waals surface area contributed by atoms with Crippen molar-refractivity contribution in [3.63, 3.8) is 0 Å². The van der Waals surface area contributed by atoms with Crippen LogP contribution in [0.4, 0.5) is 10.1 Å². The van der Waals surface area contributed by atoms with Crippen LogP contribution < -0.4 is 5.73 Å².